The first-order chi connectivity index (χ1) is 9.54. The Morgan fingerprint density at radius 2 is 2.20 bits per heavy atom. The second-order valence-electron chi connectivity index (χ2n) is 4.51. The largest absolute Gasteiger partial charge is 0.334 e. The fraction of sp³-hybridized carbons (Fsp3) is 0.143. The number of carbonyl (C=O) groups is 1. The average molecular weight is 306 g/mol. The average Bonchev–Trinajstić information content (AvgIpc) is 2.91. The molecule has 4 nitrogen and oxygen atoms in total. The second kappa shape index (κ2) is 4.92. The lowest BCUT2D eigenvalue weighted by Gasteiger charge is -2.09. The van der Waals surface area contributed by atoms with Crippen molar-refractivity contribution in [3.05, 3.63) is 45.6 Å². The Morgan fingerprint density at radius 3 is 2.90 bits per heavy atom. The Kier molecular flexibility index (Phi) is 3.23. The molecule has 1 amide bonds. The van der Waals surface area contributed by atoms with Crippen LogP contribution < -0.4 is 5.32 Å². The van der Waals surface area contributed by atoms with Crippen molar-refractivity contribution in [1.29, 1.82) is 0 Å². The number of fused-ring (bicyclic) bond motifs is 1. The molecular weight excluding hydrogens is 294 g/mol. The van der Waals surface area contributed by atoms with E-state index in [1.54, 1.807) is 17.4 Å². The van der Waals surface area contributed by atoms with Crippen LogP contribution in [0.1, 0.15) is 21.1 Å². The predicted molar refractivity (Wildman–Crippen MR) is 82.8 cm³/mol. The maximum Gasteiger partial charge on any atom is 0.272 e. The standard InChI is InChI=1S/C14H12ClN3OS/c1-7-4-3-5-9(15)12(7)18-14(19)10-6-11-13(17-10)16-8(2)20-11/h3-6,17H,1-2H3,(H,18,19). The maximum atomic E-state index is 12.2. The van der Waals surface area contributed by atoms with Crippen LogP contribution in [0.4, 0.5) is 5.69 Å². The van der Waals surface area contributed by atoms with Crippen molar-refractivity contribution in [3.8, 4) is 0 Å². The van der Waals surface area contributed by atoms with Crippen molar-refractivity contribution in [2.45, 2.75) is 13.8 Å². The Balaban J connectivity index is 1.90. The molecule has 0 aliphatic heterocycles. The minimum Gasteiger partial charge on any atom is -0.334 e. The molecule has 0 atom stereocenters. The van der Waals surface area contributed by atoms with Gasteiger partial charge in [0.15, 0.2) is 0 Å². The van der Waals surface area contributed by atoms with Crippen LogP contribution in [0.25, 0.3) is 10.3 Å². The summed E-state index contributed by atoms with van der Waals surface area (Å²) >= 11 is 7.66. The Labute approximate surface area is 124 Å². The van der Waals surface area contributed by atoms with Crippen LogP contribution in [0.3, 0.4) is 0 Å². The van der Waals surface area contributed by atoms with Crippen LogP contribution in [-0.2, 0) is 0 Å². The molecule has 1 aromatic carbocycles. The SMILES string of the molecule is Cc1nc2[nH]c(C(=O)Nc3c(C)cccc3Cl)cc2s1. The van der Waals surface area contributed by atoms with Crippen molar-refractivity contribution < 1.29 is 4.79 Å². The van der Waals surface area contributed by atoms with E-state index < -0.39 is 0 Å². The Hall–Kier alpha value is -1.85. The highest BCUT2D eigenvalue weighted by Gasteiger charge is 2.14. The van der Waals surface area contributed by atoms with Gasteiger partial charge >= 0.3 is 0 Å². The molecule has 0 radical (unpaired) electrons. The lowest BCUT2D eigenvalue weighted by atomic mass is 10.2. The summed E-state index contributed by atoms with van der Waals surface area (Å²) in [6.45, 7) is 3.84. The van der Waals surface area contributed by atoms with Gasteiger partial charge in [0.05, 0.1) is 20.4 Å². The number of carbonyl (C=O) groups excluding carboxylic acids is 1. The number of H-pyrrole nitrogens is 1. The first kappa shape index (κ1) is 13.1. The predicted octanol–water partition coefficient (Wildman–Crippen LogP) is 4.15. The highest BCUT2D eigenvalue weighted by molar-refractivity contribution is 7.18. The van der Waals surface area contributed by atoms with Crippen molar-refractivity contribution in [2.24, 2.45) is 0 Å². The zero-order valence-corrected chi connectivity index (χ0v) is 12.5. The molecule has 0 spiro atoms. The molecule has 2 aromatic heterocycles. The lowest BCUT2D eigenvalue weighted by molar-refractivity contribution is 0.102. The fourth-order valence-corrected chi connectivity index (χ4v) is 3.11. The summed E-state index contributed by atoms with van der Waals surface area (Å²) in [7, 11) is 0. The van der Waals surface area contributed by atoms with Crippen LogP contribution in [0.5, 0.6) is 0 Å². The molecule has 0 unspecified atom stereocenters. The summed E-state index contributed by atoms with van der Waals surface area (Å²) in [5.74, 6) is -0.218. The summed E-state index contributed by atoms with van der Waals surface area (Å²) in [6.07, 6.45) is 0. The quantitative estimate of drug-likeness (QED) is 0.747. The number of halogens is 1. The number of aromatic amines is 1. The number of anilines is 1. The smallest absolute Gasteiger partial charge is 0.272 e. The van der Waals surface area contributed by atoms with Gasteiger partial charge in [0.1, 0.15) is 11.3 Å². The summed E-state index contributed by atoms with van der Waals surface area (Å²) in [5.41, 5.74) is 2.79. The maximum absolute atomic E-state index is 12.2. The van der Waals surface area contributed by atoms with Gasteiger partial charge in [0.2, 0.25) is 0 Å². The third-order valence-electron chi connectivity index (χ3n) is 2.99. The van der Waals surface area contributed by atoms with Gasteiger partial charge in [-0.15, -0.1) is 11.3 Å². The summed E-state index contributed by atoms with van der Waals surface area (Å²) in [4.78, 5) is 19.6. The molecule has 2 N–H and O–H groups in total. The van der Waals surface area contributed by atoms with E-state index in [9.17, 15) is 4.79 Å². The number of rotatable bonds is 2. The van der Waals surface area contributed by atoms with E-state index in [0.717, 1.165) is 20.9 Å². The zero-order chi connectivity index (χ0) is 14.3. The van der Waals surface area contributed by atoms with E-state index >= 15 is 0 Å². The lowest BCUT2D eigenvalue weighted by Crippen LogP contribution is -2.13. The molecule has 0 aliphatic carbocycles. The first-order valence-electron chi connectivity index (χ1n) is 6.07. The van der Waals surface area contributed by atoms with E-state index in [-0.39, 0.29) is 5.91 Å². The minimum atomic E-state index is -0.218. The number of benzene rings is 1. The van der Waals surface area contributed by atoms with Crippen molar-refractivity contribution in [2.75, 3.05) is 5.32 Å². The number of aryl methyl sites for hydroxylation is 2. The number of amides is 1. The van der Waals surface area contributed by atoms with Crippen molar-refractivity contribution in [3.63, 3.8) is 0 Å². The molecule has 0 saturated heterocycles. The number of para-hydroxylation sites is 1. The van der Waals surface area contributed by atoms with Gasteiger partial charge in [-0.1, -0.05) is 23.7 Å². The van der Waals surface area contributed by atoms with Gasteiger partial charge in [0.25, 0.3) is 5.91 Å². The Bertz CT molecular complexity index is 754. The number of aromatic nitrogens is 2. The van der Waals surface area contributed by atoms with Crippen LogP contribution >= 0.6 is 22.9 Å². The molecule has 0 fully saturated rings. The van der Waals surface area contributed by atoms with Gasteiger partial charge in [-0.25, -0.2) is 4.98 Å². The van der Waals surface area contributed by atoms with Crippen LogP contribution in [0, 0.1) is 13.8 Å². The fourth-order valence-electron chi connectivity index (χ4n) is 2.02. The molecule has 6 heteroatoms. The van der Waals surface area contributed by atoms with E-state index in [1.165, 1.54) is 0 Å². The second-order valence-corrected chi connectivity index (χ2v) is 6.16. The normalized spacial score (nSPS) is 10.9. The number of nitrogens with zero attached hydrogens (tertiary/aromatic N) is 1. The number of hydrogen-bond donors (Lipinski definition) is 2. The van der Waals surface area contributed by atoms with Crippen LogP contribution in [0.2, 0.25) is 5.02 Å². The monoisotopic (exact) mass is 305 g/mol. The summed E-state index contributed by atoms with van der Waals surface area (Å²) in [5, 5.41) is 4.34. The third kappa shape index (κ3) is 2.30. The molecule has 0 aliphatic rings. The number of hydrogen-bond acceptors (Lipinski definition) is 3. The van der Waals surface area contributed by atoms with Crippen LogP contribution in [-0.4, -0.2) is 15.9 Å². The molecule has 20 heavy (non-hydrogen) atoms. The minimum absolute atomic E-state index is 0.218. The van der Waals surface area contributed by atoms with Gasteiger partial charge < -0.3 is 10.3 Å². The molecule has 3 rings (SSSR count). The van der Waals surface area contributed by atoms with Crippen LogP contribution in [0.15, 0.2) is 24.3 Å². The molecule has 102 valence electrons. The zero-order valence-electron chi connectivity index (χ0n) is 11.0. The highest BCUT2D eigenvalue weighted by atomic mass is 35.5. The van der Waals surface area contributed by atoms with Gasteiger partial charge in [-0.3, -0.25) is 4.79 Å². The number of nitrogens with one attached hydrogen (secondary N) is 2. The molecule has 2 heterocycles. The van der Waals surface area contributed by atoms with E-state index in [4.69, 9.17) is 11.6 Å². The molecule has 0 saturated carbocycles. The number of thiazole rings is 1. The van der Waals surface area contributed by atoms with Crippen molar-refractivity contribution in [1.82, 2.24) is 9.97 Å². The summed E-state index contributed by atoms with van der Waals surface area (Å²) < 4.78 is 0.975. The topological polar surface area (TPSA) is 57.8 Å². The third-order valence-corrected chi connectivity index (χ3v) is 4.23. The molecular formula is C14H12ClN3OS. The van der Waals surface area contributed by atoms with Gasteiger partial charge in [-0.05, 0) is 31.5 Å². The first-order valence-corrected chi connectivity index (χ1v) is 7.26. The van der Waals surface area contributed by atoms with E-state index in [0.29, 0.717) is 16.4 Å². The molecule has 3 aromatic rings. The highest BCUT2D eigenvalue weighted by Crippen LogP contribution is 2.27. The van der Waals surface area contributed by atoms with E-state index in [1.807, 2.05) is 32.0 Å². The van der Waals surface area contributed by atoms with E-state index in [2.05, 4.69) is 15.3 Å². The Morgan fingerprint density at radius 1 is 1.40 bits per heavy atom. The molecule has 0 bridgehead atoms. The summed E-state index contributed by atoms with van der Waals surface area (Å²) in [6, 6.07) is 7.31. The van der Waals surface area contributed by atoms with Gasteiger partial charge in [-0.2, -0.15) is 0 Å². The van der Waals surface area contributed by atoms with Gasteiger partial charge in [0, 0.05) is 0 Å². The van der Waals surface area contributed by atoms with Crippen molar-refractivity contribution >= 4 is 44.9 Å².